The van der Waals surface area contributed by atoms with Gasteiger partial charge >= 0.3 is 0 Å². The zero-order valence-electron chi connectivity index (χ0n) is 12.5. The second kappa shape index (κ2) is 9.91. The molecule has 0 amide bonds. The van der Waals surface area contributed by atoms with Crippen molar-refractivity contribution in [3.63, 3.8) is 0 Å². The van der Waals surface area contributed by atoms with Crippen molar-refractivity contribution in [1.82, 2.24) is 5.32 Å². The van der Waals surface area contributed by atoms with Gasteiger partial charge in [-0.25, -0.2) is 0 Å². The van der Waals surface area contributed by atoms with Gasteiger partial charge in [0.25, 0.3) is 0 Å². The van der Waals surface area contributed by atoms with Crippen molar-refractivity contribution in [2.24, 2.45) is 5.92 Å². The summed E-state index contributed by atoms with van der Waals surface area (Å²) < 4.78 is 0. The molecule has 0 aliphatic heterocycles. The Morgan fingerprint density at radius 3 is 2.67 bits per heavy atom. The molecule has 1 aliphatic carbocycles. The molecule has 0 aromatic carbocycles. The first-order valence-corrected chi connectivity index (χ1v) is 8.89. The Morgan fingerprint density at radius 1 is 1.17 bits per heavy atom. The van der Waals surface area contributed by atoms with Crippen LogP contribution in [0.25, 0.3) is 0 Å². The van der Waals surface area contributed by atoms with E-state index in [0.29, 0.717) is 6.04 Å². The molecule has 0 aromatic heterocycles. The van der Waals surface area contributed by atoms with Crippen LogP contribution in [0.15, 0.2) is 11.6 Å². The minimum absolute atomic E-state index is 0.622. The van der Waals surface area contributed by atoms with Crippen LogP contribution in [0, 0.1) is 5.92 Å². The van der Waals surface area contributed by atoms with Crippen molar-refractivity contribution in [3.05, 3.63) is 11.6 Å². The van der Waals surface area contributed by atoms with Gasteiger partial charge in [0.15, 0.2) is 0 Å². The van der Waals surface area contributed by atoms with Gasteiger partial charge in [-0.15, -0.1) is 0 Å². The van der Waals surface area contributed by atoms with Crippen LogP contribution in [-0.4, -0.2) is 24.1 Å². The fourth-order valence-electron chi connectivity index (χ4n) is 2.50. The van der Waals surface area contributed by atoms with E-state index in [4.69, 9.17) is 0 Å². The molecule has 1 aliphatic rings. The molecule has 2 heteroatoms. The fraction of sp³-hybridized carbons (Fsp3) is 0.875. The third-order valence-corrected chi connectivity index (χ3v) is 4.93. The molecule has 0 spiro atoms. The highest BCUT2D eigenvalue weighted by Crippen LogP contribution is 2.22. The molecule has 0 heterocycles. The minimum atomic E-state index is 0.622. The van der Waals surface area contributed by atoms with Gasteiger partial charge in [-0.1, -0.05) is 45.3 Å². The summed E-state index contributed by atoms with van der Waals surface area (Å²) in [5.74, 6) is 3.34. The predicted octanol–water partition coefficient (Wildman–Crippen LogP) is 4.63. The van der Waals surface area contributed by atoms with Crippen LogP contribution >= 0.6 is 11.8 Å². The van der Waals surface area contributed by atoms with Gasteiger partial charge in [-0.05, 0) is 43.9 Å². The minimum Gasteiger partial charge on any atom is -0.310 e. The molecular formula is C16H31NS. The number of allylic oxidation sites excluding steroid dienone is 1. The van der Waals surface area contributed by atoms with Crippen molar-refractivity contribution in [2.75, 3.05) is 18.1 Å². The van der Waals surface area contributed by atoms with Gasteiger partial charge in [0.2, 0.25) is 0 Å². The smallest absolute Gasteiger partial charge is 0.0370 e. The Hall–Kier alpha value is 0.0500. The zero-order valence-corrected chi connectivity index (χ0v) is 13.3. The maximum atomic E-state index is 3.69. The van der Waals surface area contributed by atoms with Crippen LogP contribution in [0.2, 0.25) is 0 Å². The lowest BCUT2D eigenvalue weighted by molar-refractivity contribution is 0.566. The number of thioether (sulfide) groups is 1. The Morgan fingerprint density at radius 2 is 1.94 bits per heavy atom. The standard InChI is InChI=1S/C16H31NS/c1-4-17-16(13-18-12-14(2)3)15-10-8-6-5-7-9-11-15/h10,14,16-17H,4-9,11-13H2,1-3H3. The molecule has 106 valence electrons. The van der Waals surface area contributed by atoms with E-state index < -0.39 is 0 Å². The third kappa shape index (κ3) is 6.84. The molecule has 0 saturated carbocycles. The predicted molar refractivity (Wildman–Crippen MR) is 85.4 cm³/mol. The van der Waals surface area contributed by atoms with E-state index in [0.717, 1.165) is 12.5 Å². The molecule has 0 aromatic rings. The molecule has 18 heavy (non-hydrogen) atoms. The van der Waals surface area contributed by atoms with Crippen LogP contribution in [0.3, 0.4) is 0 Å². The molecule has 1 nitrogen and oxygen atoms in total. The first-order chi connectivity index (χ1) is 8.74. The lowest BCUT2D eigenvalue weighted by Gasteiger charge is -2.23. The molecule has 0 saturated heterocycles. The summed E-state index contributed by atoms with van der Waals surface area (Å²) in [6.45, 7) is 7.93. The molecule has 0 radical (unpaired) electrons. The van der Waals surface area contributed by atoms with Crippen LogP contribution in [0.4, 0.5) is 0 Å². The molecule has 1 unspecified atom stereocenters. The van der Waals surface area contributed by atoms with E-state index in [9.17, 15) is 0 Å². The maximum absolute atomic E-state index is 3.69. The van der Waals surface area contributed by atoms with Crippen LogP contribution < -0.4 is 5.32 Å². The maximum Gasteiger partial charge on any atom is 0.0370 e. The Labute approximate surface area is 118 Å². The first-order valence-electron chi connectivity index (χ1n) is 7.74. The summed E-state index contributed by atoms with van der Waals surface area (Å²) >= 11 is 2.11. The number of rotatable bonds is 7. The topological polar surface area (TPSA) is 12.0 Å². The van der Waals surface area contributed by atoms with Crippen LogP contribution in [-0.2, 0) is 0 Å². The first kappa shape index (κ1) is 16.1. The van der Waals surface area contributed by atoms with Crippen LogP contribution in [0.1, 0.15) is 59.3 Å². The monoisotopic (exact) mass is 269 g/mol. The van der Waals surface area contributed by atoms with E-state index in [1.54, 1.807) is 5.57 Å². The second-order valence-corrected chi connectivity index (χ2v) is 6.85. The molecule has 0 bridgehead atoms. The van der Waals surface area contributed by atoms with E-state index in [1.807, 2.05) is 0 Å². The molecule has 1 atom stereocenters. The lowest BCUT2D eigenvalue weighted by Crippen LogP contribution is -2.33. The number of hydrogen-bond donors (Lipinski definition) is 1. The van der Waals surface area contributed by atoms with Gasteiger partial charge in [0.1, 0.15) is 0 Å². The SMILES string of the molecule is CCNC(CSCC(C)C)C1=CCCCCCC1. The summed E-state index contributed by atoms with van der Waals surface area (Å²) in [7, 11) is 0. The molecule has 1 rings (SSSR count). The fourth-order valence-corrected chi connectivity index (χ4v) is 3.67. The van der Waals surface area contributed by atoms with Crippen molar-refractivity contribution in [2.45, 2.75) is 65.3 Å². The summed E-state index contributed by atoms with van der Waals surface area (Å²) in [6, 6.07) is 0.622. The van der Waals surface area contributed by atoms with E-state index in [1.165, 1.54) is 50.0 Å². The number of likely N-dealkylation sites (N-methyl/N-ethyl adjacent to an activating group) is 1. The van der Waals surface area contributed by atoms with Gasteiger partial charge in [0, 0.05) is 11.8 Å². The Balaban J connectivity index is 2.46. The molecule has 0 fully saturated rings. The normalized spacial score (nSPS) is 19.2. The van der Waals surface area contributed by atoms with E-state index in [-0.39, 0.29) is 0 Å². The van der Waals surface area contributed by atoms with Gasteiger partial charge in [0.05, 0.1) is 0 Å². The van der Waals surface area contributed by atoms with Gasteiger partial charge < -0.3 is 5.32 Å². The second-order valence-electron chi connectivity index (χ2n) is 5.77. The molecule has 1 N–H and O–H groups in total. The summed E-state index contributed by atoms with van der Waals surface area (Å²) in [4.78, 5) is 0. The van der Waals surface area contributed by atoms with Crippen molar-refractivity contribution in [3.8, 4) is 0 Å². The summed E-state index contributed by atoms with van der Waals surface area (Å²) in [5.41, 5.74) is 1.69. The van der Waals surface area contributed by atoms with Crippen LogP contribution in [0.5, 0.6) is 0 Å². The number of hydrogen-bond acceptors (Lipinski definition) is 2. The Kier molecular flexibility index (Phi) is 8.87. The van der Waals surface area contributed by atoms with E-state index >= 15 is 0 Å². The van der Waals surface area contributed by atoms with Gasteiger partial charge in [-0.3, -0.25) is 0 Å². The zero-order chi connectivity index (χ0) is 13.2. The Bertz CT molecular complexity index is 235. The highest BCUT2D eigenvalue weighted by atomic mass is 32.2. The van der Waals surface area contributed by atoms with Gasteiger partial charge in [-0.2, -0.15) is 11.8 Å². The van der Waals surface area contributed by atoms with E-state index in [2.05, 4.69) is 43.9 Å². The van der Waals surface area contributed by atoms with Crippen molar-refractivity contribution >= 4 is 11.8 Å². The highest BCUT2D eigenvalue weighted by Gasteiger charge is 2.14. The average Bonchev–Trinajstić information content (AvgIpc) is 2.27. The number of nitrogens with one attached hydrogen (secondary N) is 1. The summed E-state index contributed by atoms with van der Waals surface area (Å²) in [6.07, 6.45) is 10.8. The average molecular weight is 269 g/mol. The van der Waals surface area contributed by atoms with Crippen molar-refractivity contribution < 1.29 is 0 Å². The molecular weight excluding hydrogens is 238 g/mol. The largest absolute Gasteiger partial charge is 0.310 e. The third-order valence-electron chi connectivity index (χ3n) is 3.46. The van der Waals surface area contributed by atoms with Crippen molar-refractivity contribution in [1.29, 1.82) is 0 Å². The summed E-state index contributed by atoms with van der Waals surface area (Å²) in [5, 5.41) is 3.69. The quantitative estimate of drug-likeness (QED) is 0.676. The highest BCUT2D eigenvalue weighted by molar-refractivity contribution is 7.99. The lowest BCUT2D eigenvalue weighted by atomic mass is 9.95.